The molecule has 0 aliphatic carbocycles. The Hall–Kier alpha value is -0.960. The summed E-state index contributed by atoms with van der Waals surface area (Å²) in [5.74, 6) is 0. The molecule has 1 aromatic carbocycles. The normalized spacial score (nSPS) is 13.0. The Bertz CT molecular complexity index is 709. The maximum atomic E-state index is 13.0. The second kappa shape index (κ2) is 8.23. The fourth-order valence-electron chi connectivity index (χ4n) is 2.38. The van der Waals surface area contributed by atoms with Gasteiger partial charge in [0.2, 0.25) is 10.0 Å². The number of hydrogen-bond acceptors (Lipinski definition) is 5. The molecule has 0 bridgehead atoms. The van der Waals surface area contributed by atoms with Gasteiger partial charge in [-0.05, 0) is 31.0 Å². The van der Waals surface area contributed by atoms with Crippen molar-refractivity contribution in [2.75, 3.05) is 26.5 Å². The molecular weight excluding hydrogens is 338 g/mol. The average molecular weight is 364 g/mol. The van der Waals surface area contributed by atoms with E-state index >= 15 is 0 Å². The van der Waals surface area contributed by atoms with Gasteiger partial charge >= 0.3 is 0 Å². The van der Waals surface area contributed by atoms with Gasteiger partial charge in [-0.15, -0.1) is 0 Å². The first-order valence-corrected chi connectivity index (χ1v) is 10.8. The third-order valence-corrected chi connectivity index (χ3v) is 6.76. The molecule has 0 unspecified atom stereocenters. The van der Waals surface area contributed by atoms with E-state index in [0.717, 1.165) is 6.26 Å². The smallest absolute Gasteiger partial charge is 0.243 e. The van der Waals surface area contributed by atoms with Crippen molar-refractivity contribution in [3.05, 3.63) is 24.3 Å². The van der Waals surface area contributed by atoms with Crippen molar-refractivity contribution in [2.24, 2.45) is 0 Å². The second-order valence-corrected chi connectivity index (χ2v) is 9.23. The maximum absolute atomic E-state index is 13.0. The van der Waals surface area contributed by atoms with Crippen molar-refractivity contribution >= 4 is 19.9 Å². The van der Waals surface area contributed by atoms with Crippen LogP contribution in [0.3, 0.4) is 0 Å². The minimum atomic E-state index is -3.79. The van der Waals surface area contributed by atoms with E-state index in [2.05, 4.69) is 0 Å². The number of sulfone groups is 1. The van der Waals surface area contributed by atoms with Crippen LogP contribution in [-0.4, -0.2) is 53.7 Å². The molecule has 132 valence electrons. The molecule has 0 atom stereocenters. The summed E-state index contributed by atoms with van der Waals surface area (Å²) >= 11 is 0. The van der Waals surface area contributed by atoms with Crippen LogP contribution in [0.4, 0.5) is 0 Å². The molecule has 0 radical (unpaired) electrons. The third kappa shape index (κ3) is 5.00. The molecule has 0 saturated heterocycles. The van der Waals surface area contributed by atoms with Gasteiger partial charge in [0.25, 0.3) is 0 Å². The lowest BCUT2D eigenvalue weighted by Crippen LogP contribution is -2.41. The molecule has 6 nitrogen and oxygen atoms in total. The van der Waals surface area contributed by atoms with Crippen molar-refractivity contribution in [1.29, 1.82) is 0 Å². The van der Waals surface area contributed by atoms with E-state index in [-0.39, 0.29) is 29.0 Å². The van der Waals surface area contributed by atoms with Crippen molar-refractivity contribution in [3.63, 3.8) is 0 Å². The zero-order valence-corrected chi connectivity index (χ0v) is 15.7. The molecule has 0 heterocycles. The van der Waals surface area contributed by atoms with E-state index in [0.29, 0.717) is 12.8 Å². The van der Waals surface area contributed by atoms with E-state index in [4.69, 9.17) is 4.74 Å². The van der Waals surface area contributed by atoms with Crippen molar-refractivity contribution in [3.8, 4) is 0 Å². The summed E-state index contributed by atoms with van der Waals surface area (Å²) in [6.07, 6.45) is 2.40. The Morgan fingerprint density at radius 1 is 1.09 bits per heavy atom. The molecular formula is C15H25NO5S2. The second-order valence-electron chi connectivity index (χ2n) is 5.33. The number of sulfonamides is 1. The summed E-state index contributed by atoms with van der Waals surface area (Å²) in [6.45, 7) is 4.36. The first kappa shape index (κ1) is 20.1. The van der Waals surface area contributed by atoms with Crippen molar-refractivity contribution in [1.82, 2.24) is 4.31 Å². The highest BCUT2D eigenvalue weighted by atomic mass is 32.2. The highest BCUT2D eigenvalue weighted by Gasteiger charge is 2.30. The molecule has 0 N–H and O–H groups in total. The summed E-state index contributed by atoms with van der Waals surface area (Å²) in [5, 5.41) is 0. The molecule has 0 fully saturated rings. The molecule has 8 heteroatoms. The number of nitrogens with zero attached hydrogens (tertiary/aromatic N) is 1. The van der Waals surface area contributed by atoms with Crippen molar-refractivity contribution < 1.29 is 21.6 Å². The van der Waals surface area contributed by atoms with Crippen LogP contribution in [0.25, 0.3) is 0 Å². The molecule has 0 saturated carbocycles. The molecule has 23 heavy (non-hydrogen) atoms. The molecule has 0 spiro atoms. The fraction of sp³-hybridized carbons (Fsp3) is 0.600. The van der Waals surface area contributed by atoms with E-state index < -0.39 is 19.9 Å². The van der Waals surface area contributed by atoms with E-state index in [1.54, 1.807) is 0 Å². The number of hydrogen-bond donors (Lipinski definition) is 0. The fourth-order valence-corrected chi connectivity index (χ4v) is 4.92. The predicted octanol–water partition coefficient (Wildman–Crippen LogP) is 1.92. The van der Waals surface area contributed by atoms with Gasteiger partial charge in [0, 0.05) is 26.0 Å². The molecule has 1 aromatic rings. The minimum absolute atomic E-state index is 0.00480. The lowest BCUT2D eigenvalue weighted by Gasteiger charge is -2.29. The first-order valence-electron chi connectivity index (χ1n) is 7.49. The third-order valence-electron chi connectivity index (χ3n) is 3.71. The zero-order chi connectivity index (χ0) is 17.7. The molecule has 0 aromatic heterocycles. The van der Waals surface area contributed by atoms with E-state index in [1.807, 2.05) is 13.8 Å². The molecule has 0 aliphatic rings. The number of benzene rings is 1. The summed E-state index contributed by atoms with van der Waals surface area (Å²) in [4.78, 5) is -0.0155. The van der Waals surface area contributed by atoms with Gasteiger partial charge in [0.05, 0.1) is 16.4 Å². The summed E-state index contributed by atoms with van der Waals surface area (Å²) in [7, 11) is -5.74. The van der Waals surface area contributed by atoms with Gasteiger partial charge in [0.1, 0.15) is 0 Å². The van der Waals surface area contributed by atoms with Crippen LogP contribution in [0.2, 0.25) is 0 Å². The lowest BCUT2D eigenvalue weighted by molar-refractivity contribution is 0.163. The van der Waals surface area contributed by atoms with Crippen molar-refractivity contribution in [2.45, 2.75) is 42.5 Å². The highest BCUT2D eigenvalue weighted by Crippen LogP contribution is 2.23. The Morgan fingerprint density at radius 3 is 2.13 bits per heavy atom. The van der Waals surface area contributed by atoms with Gasteiger partial charge in [-0.3, -0.25) is 0 Å². The van der Waals surface area contributed by atoms with Crippen LogP contribution in [0.1, 0.15) is 26.7 Å². The molecule has 0 aliphatic heterocycles. The summed E-state index contributed by atoms with van der Waals surface area (Å²) in [6, 6.07) is 5.33. The number of ether oxygens (including phenoxy) is 1. The largest absolute Gasteiger partial charge is 0.383 e. The maximum Gasteiger partial charge on any atom is 0.243 e. The van der Waals surface area contributed by atoms with Crippen LogP contribution < -0.4 is 0 Å². The average Bonchev–Trinajstić information content (AvgIpc) is 2.50. The predicted molar refractivity (Wildman–Crippen MR) is 89.7 cm³/mol. The number of methoxy groups -OCH3 is 1. The van der Waals surface area contributed by atoms with Gasteiger partial charge < -0.3 is 4.74 Å². The van der Waals surface area contributed by atoms with E-state index in [9.17, 15) is 16.8 Å². The van der Waals surface area contributed by atoms with Gasteiger partial charge in [-0.2, -0.15) is 4.31 Å². The van der Waals surface area contributed by atoms with Crippen LogP contribution in [0, 0.1) is 0 Å². The number of rotatable bonds is 9. The van der Waals surface area contributed by atoms with Crippen LogP contribution in [-0.2, 0) is 24.6 Å². The van der Waals surface area contributed by atoms with Gasteiger partial charge in [-0.25, -0.2) is 16.8 Å². The van der Waals surface area contributed by atoms with Crippen LogP contribution in [0.5, 0.6) is 0 Å². The lowest BCUT2D eigenvalue weighted by atomic mass is 10.2. The minimum Gasteiger partial charge on any atom is -0.383 e. The highest BCUT2D eigenvalue weighted by molar-refractivity contribution is 7.91. The summed E-state index contributed by atoms with van der Waals surface area (Å²) < 4.78 is 55.7. The Kier molecular flexibility index (Phi) is 7.19. The monoisotopic (exact) mass is 363 g/mol. The first-order chi connectivity index (χ1) is 10.7. The molecule has 1 rings (SSSR count). The standard InChI is InChI=1S/C15H25NO5S2/c1-5-13(6-2)16(10-11-21-3)23(19,20)15-9-7-8-14(12-15)22(4,17)18/h7-9,12-13H,5-6,10-11H2,1-4H3. The van der Waals surface area contributed by atoms with Crippen LogP contribution >= 0.6 is 0 Å². The Labute approximate surface area is 139 Å². The molecule has 0 amide bonds. The van der Waals surface area contributed by atoms with E-state index in [1.165, 1.54) is 35.7 Å². The SMILES string of the molecule is CCC(CC)N(CCOC)S(=O)(=O)c1cccc(S(C)(=O)=O)c1. The zero-order valence-electron chi connectivity index (χ0n) is 14.0. The Morgan fingerprint density at radius 2 is 1.65 bits per heavy atom. The topological polar surface area (TPSA) is 80.8 Å². The quantitative estimate of drug-likeness (QED) is 0.669. The van der Waals surface area contributed by atoms with Gasteiger partial charge in [0.15, 0.2) is 9.84 Å². The Balaban J connectivity index is 3.34. The van der Waals surface area contributed by atoms with Crippen LogP contribution in [0.15, 0.2) is 34.1 Å². The van der Waals surface area contributed by atoms with Gasteiger partial charge in [-0.1, -0.05) is 19.9 Å². The summed E-state index contributed by atoms with van der Waals surface area (Å²) in [5.41, 5.74) is 0.